The number of hydrogen-bond acceptors (Lipinski definition) is 6. The number of aromatic nitrogens is 3. The number of rotatable bonds is 6. The smallest absolute Gasteiger partial charge is 0.289 e. The van der Waals surface area contributed by atoms with Crippen LogP contribution in [0.3, 0.4) is 0 Å². The van der Waals surface area contributed by atoms with Crippen LogP contribution in [0.2, 0.25) is 0 Å². The second-order valence-electron chi connectivity index (χ2n) is 6.56. The molecule has 0 spiro atoms. The summed E-state index contributed by atoms with van der Waals surface area (Å²) in [7, 11) is 1.60. The van der Waals surface area contributed by atoms with Gasteiger partial charge in [0.2, 0.25) is 5.82 Å². The summed E-state index contributed by atoms with van der Waals surface area (Å²) in [6.45, 7) is 11.6. The van der Waals surface area contributed by atoms with Crippen molar-refractivity contribution in [1.29, 1.82) is 0 Å². The number of carbonyl (C=O) groups is 2. The molecule has 0 bridgehead atoms. The highest BCUT2D eigenvalue weighted by molar-refractivity contribution is 6.01. The van der Waals surface area contributed by atoms with Crippen molar-refractivity contribution < 1.29 is 14.3 Å². The monoisotopic (exact) mass is 409 g/mol. The van der Waals surface area contributed by atoms with Crippen molar-refractivity contribution >= 4 is 17.6 Å². The van der Waals surface area contributed by atoms with Gasteiger partial charge in [-0.3, -0.25) is 14.5 Å². The first-order valence-corrected chi connectivity index (χ1v) is 9.61. The number of nitrogens with one attached hydrogen (secondary N) is 1. The number of hydrogen-bond donors (Lipinski definition) is 1. The summed E-state index contributed by atoms with van der Waals surface area (Å²) in [5.74, 6) is 0.115. The lowest BCUT2D eigenvalue weighted by Gasteiger charge is -2.19. The zero-order valence-electron chi connectivity index (χ0n) is 17.4. The molecule has 0 radical (unpaired) electrons. The van der Waals surface area contributed by atoms with Crippen LogP contribution in [-0.4, -0.2) is 46.5 Å². The van der Waals surface area contributed by atoms with E-state index < -0.39 is 11.9 Å². The maximum atomic E-state index is 12.7. The summed E-state index contributed by atoms with van der Waals surface area (Å²) in [6.07, 6.45) is 7.57. The topological polar surface area (TPSA) is 97.3 Å². The molecule has 3 heterocycles. The van der Waals surface area contributed by atoms with Crippen LogP contribution in [0.5, 0.6) is 5.75 Å². The molecule has 0 saturated carbocycles. The van der Waals surface area contributed by atoms with Gasteiger partial charge in [0.15, 0.2) is 11.6 Å². The molecule has 0 unspecified atom stereocenters. The predicted octanol–water partition coefficient (Wildman–Crippen LogP) is 2.64. The molecular weight excluding hydrogens is 382 g/mol. The first-order valence-electron chi connectivity index (χ1n) is 9.61. The van der Waals surface area contributed by atoms with Crippen molar-refractivity contribution in [2.24, 2.45) is 0 Å². The van der Waals surface area contributed by atoms with Crippen molar-refractivity contribution in [3.05, 3.63) is 67.4 Å². The van der Waals surface area contributed by atoms with Crippen LogP contribution in [0.1, 0.15) is 34.7 Å². The van der Waals surface area contributed by atoms with Crippen LogP contribution in [-0.2, 0) is 11.2 Å². The van der Waals surface area contributed by atoms with Gasteiger partial charge >= 0.3 is 0 Å². The minimum atomic E-state index is -0.860. The Morgan fingerprint density at radius 1 is 1.40 bits per heavy atom. The number of carbonyl (C=O) groups excluding carboxylic acids is 2. The number of pyridine rings is 1. The second kappa shape index (κ2) is 10.8. The van der Waals surface area contributed by atoms with E-state index in [0.717, 1.165) is 30.5 Å². The van der Waals surface area contributed by atoms with Crippen molar-refractivity contribution in [2.45, 2.75) is 32.2 Å². The van der Waals surface area contributed by atoms with Gasteiger partial charge in [-0.1, -0.05) is 6.08 Å². The zero-order valence-corrected chi connectivity index (χ0v) is 17.4. The van der Waals surface area contributed by atoms with Crippen LogP contribution < -0.4 is 15.0 Å². The van der Waals surface area contributed by atoms with E-state index in [1.54, 1.807) is 31.6 Å². The van der Waals surface area contributed by atoms with Gasteiger partial charge in [0.25, 0.3) is 11.8 Å². The first kappa shape index (κ1) is 22.7. The largest absolute Gasteiger partial charge is 0.487 e. The maximum absolute atomic E-state index is 12.7. The van der Waals surface area contributed by atoms with E-state index in [-0.39, 0.29) is 18.3 Å². The minimum absolute atomic E-state index is 0.00561. The SMILES string of the molecule is C=C.C=CCCCc1nc(C(=O)N[C@H]2COc3cccnc3N(C)C2=O)ncc1C. The quantitative estimate of drug-likeness (QED) is 0.582. The Morgan fingerprint density at radius 3 is 2.90 bits per heavy atom. The molecule has 30 heavy (non-hydrogen) atoms. The Morgan fingerprint density at radius 2 is 2.17 bits per heavy atom. The average Bonchev–Trinajstić information content (AvgIpc) is 2.89. The van der Waals surface area contributed by atoms with Crippen LogP contribution in [0.25, 0.3) is 0 Å². The minimum Gasteiger partial charge on any atom is -0.487 e. The standard InChI is InChI=1S/C20H23N5O3.C2H4/c1-4-5-6-8-14-13(2)11-22-17(23-14)19(26)24-15-12-28-16-9-7-10-21-18(16)25(3)20(15)27;1-2/h4,7,9-11,15H,1,5-6,8,12H2,2-3H3,(H,24,26);1-2H2/t15-;/m0./s1. The number of fused-ring (bicyclic) bond motifs is 1. The van der Waals surface area contributed by atoms with Crippen LogP contribution >= 0.6 is 0 Å². The number of ether oxygens (including phenoxy) is 1. The van der Waals surface area contributed by atoms with Crippen molar-refractivity contribution in [3.63, 3.8) is 0 Å². The Hall–Kier alpha value is -3.55. The summed E-state index contributed by atoms with van der Waals surface area (Å²) in [5, 5.41) is 2.68. The highest BCUT2D eigenvalue weighted by atomic mass is 16.5. The van der Waals surface area contributed by atoms with Crippen molar-refractivity contribution in [2.75, 3.05) is 18.6 Å². The van der Waals surface area contributed by atoms with Gasteiger partial charge in [0.1, 0.15) is 12.6 Å². The van der Waals surface area contributed by atoms with Gasteiger partial charge in [-0.25, -0.2) is 15.0 Å². The Kier molecular flexibility index (Phi) is 8.22. The highest BCUT2D eigenvalue weighted by Gasteiger charge is 2.32. The fourth-order valence-corrected chi connectivity index (χ4v) is 2.91. The second-order valence-corrected chi connectivity index (χ2v) is 6.56. The van der Waals surface area contributed by atoms with E-state index in [9.17, 15) is 9.59 Å². The normalized spacial score (nSPS) is 15.1. The lowest BCUT2D eigenvalue weighted by molar-refractivity contribution is -0.120. The molecule has 0 saturated heterocycles. The molecular formula is C22H27N5O3. The molecule has 1 aliphatic rings. The zero-order chi connectivity index (χ0) is 22.1. The van der Waals surface area contributed by atoms with Gasteiger partial charge in [-0.2, -0.15) is 0 Å². The molecule has 0 aromatic carbocycles. The summed E-state index contributed by atoms with van der Waals surface area (Å²) < 4.78 is 5.66. The third-order valence-electron chi connectivity index (χ3n) is 4.51. The number of unbranched alkanes of at least 4 members (excludes halogenated alkanes) is 1. The first-order chi connectivity index (χ1) is 14.5. The fraction of sp³-hybridized carbons (Fsp3) is 0.318. The third-order valence-corrected chi connectivity index (χ3v) is 4.51. The van der Waals surface area contributed by atoms with E-state index >= 15 is 0 Å². The van der Waals surface area contributed by atoms with Gasteiger partial charge in [-0.05, 0) is 43.9 Å². The summed E-state index contributed by atoms with van der Waals surface area (Å²) in [4.78, 5) is 39.4. The third kappa shape index (κ3) is 5.28. The lowest BCUT2D eigenvalue weighted by atomic mass is 10.1. The number of aryl methyl sites for hydroxylation is 2. The molecule has 0 aliphatic carbocycles. The van der Waals surface area contributed by atoms with Gasteiger partial charge in [0.05, 0.1) is 0 Å². The number of anilines is 1. The van der Waals surface area contributed by atoms with Gasteiger partial charge in [-0.15, -0.1) is 19.7 Å². The lowest BCUT2D eigenvalue weighted by Crippen LogP contribution is -2.49. The maximum Gasteiger partial charge on any atom is 0.289 e. The molecule has 3 rings (SSSR count). The van der Waals surface area contributed by atoms with E-state index in [1.807, 2.05) is 13.0 Å². The predicted molar refractivity (Wildman–Crippen MR) is 116 cm³/mol. The highest BCUT2D eigenvalue weighted by Crippen LogP contribution is 2.27. The molecule has 1 N–H and O–H groups in total. The molecule has 2 aromatic rings. The molecule has 158 valence electrons. The number of likely N-dealkylation sites (N-methyl/N-ethyl adjacent to an activating group) is 1. The summed E-state index contributed by atoms with van der Waals surface area (Å²) >= 11 is 0. The number of nitrogens with zero attached hydrogens (tertiary/aromatic N) is 4. The van der Waals surface area contributed by atoms with Crippen LogP contribution in [0, 0.1) is 6.92 Å². The Labute approximate surface area is 176 Å². The molecule has 2 aromatic heterocycles. The fourth-order valence-electron chi connectivity index (χ4n) is 2.91. The molecule has 1 aliphatic heterocycles. The molecule has 2 amide bonds. The molecule has 8 nitrogen and oxygen atoms in total. The number of allylic oxidation sites excluding steroid dienone is 1. The van der Waals surface area contributed by atoms with Gasteiger partial charge in [0, 0.05) is 25.1 Å². The molecule has 1 atom stereocenters. The van der Waals surface area contributed by atoms with Crippen molar-refractivity contribution in [1.82, 2.24) is 20.3 Å². The van der Waals surface area contributed by atoms with E-state index in [4.69, 9.17) is 4.74 Å². The van der Waals surface area contributed by atoms with E-state index in [2.05, 4.69) is 40.0 Å². The van der Waals surface area contributed by atoms with Crippen LogP contribution in [0.4, 0.5) is 5.82 Å². The molecule has 0 fully saturated rings. The number of amides is 2. The van der Waals surface area contributed by atoms with E-state index in [0.29, 0.717) is 11.6 Å². The Bertz CT molecular complexity index is 915. The average molecular weight is 409 g/mol. The van der Waals surface area contributed by atoms with Gasteiger partial charge < -0.3 is 10.1 Å². The molecule has 8 heteroatoms. The summed E-state index contributed by atoms with van der Waals surface area (Å²) in [5.41, 5.74) is 1.75. The van der Waals surface area contributed by atoms with Crippen LogP contribution in [0.15, 0.2) is 50.3 Å². The van der Waals surface area contributed by atoms with Crippen molar-refractivity contribution in [3.8, 4) is 5.75 Å². The van der Waals surface area contributed by atoms with E-state index in [1.165, 1.54) is 4.90 Å². The Balaban J connectivity index is 0.00000155. The summed E-state index contributed by atoms with van der Waals surface area (Å²) in [6, 6.07) is 2.60.